The quantitative estimate of drug-likeness (QED) is 0.572. The van der Waals surface area contributed by atoms with Gasteiger partial charge in [0.15, 0.2) is 0 Å². The Hall–Kier alpha value is 0.360. The molecular formula is C6H10O2S2. The molecule has 1 rings (SSSR count). The van der Waals surface area contributed by atoms with Crippen LogP contribution in [-0.4, -0.2) is 33.9 Å². The van der Waals surface area contributed by atoms with Crippen LogP contribution in [0.1, 0.15) is 0 Å². The Balaban J connectivity index is 2.40. The molecule has 2 nitrogen and oxygen atoms in total. The van der Waals surface area contributed by atoms with Gasteiger partial charge >= 0.3 is 0 Å². The van der Waals surface area contributed by atoms with Crippen molar-refractivity contribution in [3.05, 3.63) is 10.8 Å². The van der Waals surface area contributed by atoms with Gasteiger partial charge in [0.05, 0.1) is 12.2 Å². The van der Waals surface area contributed by atoms with Gasteiger partial charge in [-0.1, -0.05) is 0 Å². The topological polar surface area (TPSA) is 40.5 Å². The maximum Gasteiger partial charge on any atom is 0.0900 e. The second-order valence-corrected chi connectivity index (χ2v) is 3.95. The van der Waals surface area contributed by atoms with E-state index in [2.05, 4.69) is 0 Å². The summed E-state index contributed by atoms with van der Waals surface area (Å²) in [5.41, 5.74) is 0. The highest BCUT2D eigenvalue weighted by atomic mass is 32.2. The van der Waals surface area contributed by atoms with Crippen molar-refractivity contribution in [1.29, 1.82) is 0 Å². The highest BCUT2D eigenvalue weighted by molar-refractivity contribution is 8.05. The molecule has 0 spiro atoms. The summed E-state index contributed by atoms with van der Waals surface area (Å²) >= 11 is 3.06. The van der Waals surface area contributed by atoms with Crippen LogP contribution in [0.4, 0.5) is 0 Å². The average molecular weight is 178 g/mol. The van der Waals surface area contributed by atoms with Crippen molar-refractivity contribution in [1.82, 2.24) is 0 Å². The van der Waals surface area contributed by atoms with E-state index in [4.69, 9.17) is 10.2 Å². The lowest BCUT2D eigenvalue weighted by Crippen LogP contribution is -2.30. The molecule has 0 bridgehead atoms. The maximum absolute atomic E-state index is 9.16. The van der Waals surface area contributed by atoms with E-state index in [1.807, 2.05) is 10.8 Å². The van der Waals surface area contributed by atoms with Crippen LogP contribution < -0.4 is 0 Å². The fraction of sp³-hybridized carbons (Fsp3) is 0.667. The molecule has 2 atom stereocenters. The van der Waals surface area contributed by atoms with E-state index in [0.29, 0.717) is 11.5 Å². The van der Waals surface area contributed by atoms with Gasteiger partial charge in [-0.25, -0.2) is 0 Å². The standard InChI is InChI=1S/C6H10O2S2/c7-5-3-9-1-2-10-4-6(5)8/h1-2,5-8H,3-4H2/t5-,6-/m1/s1. The molecule has 0 fully saturated rings. The second-order valence-electron chi connectivity index (χ2n) is 2.07. The van der Waals surface area contributed by atoms with Crippen molar-refractivity contribution >= 4 is 23.5 Å². The first-order chi connectivity index (χ1) is 4.80. The molecule has 0 aromatic heterocycles. The Labute approximate surface area is 68.7 Å². The molecule has 2 N–H and O–H groups in total. The van der Waals surface area contributed by atoms with Crippen molar-refractivity contribution < 1.29 is 10.2 Å². The molecule has 1 aliphatic heterocycles. The number of thioether (sulfide) groups is 2. The normalized spacial score (nSPS) is 35.0. The molecule has 0 saturated carbocycles. The van der Waals surface area contributed by atoms with Gasteiger partial charge in [0.25, 0.3) is 0 Å². The van der Waals surface area contributed by atoms with Gasteiger partial charge in [-0.05, 0) is 10.8 Å². The molecule has 10 heavy (non-hydrogen) atoms. The molecule has 0 aromatic rings. The molecule has 4 heteroatoms. The van der Waals surface area contributed by atoms with Gasteiger partial charge in [-0.3, -0.25) is 0 Å². The largest absolute Gasteiger partial charge is 0.390 e. The van der Waals surface area contributed by atoms with Crippen molar-refractivity contribution in [3.63, 3.8) is 0 Å². The van der Waals surface area contributed by atoms with Crippen LogP contribution in [-0.2, 0) is 0 Å². The summed E-state index contributed by atoms with van der Waals surface area (Å²) < 4.78 is 0. The molecule has 58 valence electrons. The lowest BCUT2D eigenvalue weighted by molar-refractivity contribution is 0.0501. The fourth-order valence-electron chi connectivity index (χ4n) is 0.609. The van der Waals surface area contributed by atoms with Crippen molar-refractivity contribution in [2.24, 2.45) is 0 Å². The minimum Gasteiger partial charge on any atom is -0.390 e. The van der Waals surface area contributed by atoms with E-state index in [1.165, 1.54) is 23.5 Å². The summed E-state index contributed by atoms with van der Waals surface area (Å²) in [6, 6.07) is 0. The zero-order valence-electron chi connectivity index (χ0n) is 5.43. The van der Waals surface area contributed by atoms with Crippen molar-refractivity contribution in [3.8, 4) is 0 Å². The fourth-order valence-corrected chi connectivity index (χ4v) is 2.30. The Morgan fingerprint density at radius 3 is 1.80 bits per heavy atom. The van der Waals surface area contributed by atoms with Crippen LogP contribution in [0.25, 0.3) is 0 Å². The van der Waals surface area contributed by atoms with Gasteiger partial charge < -0.3 is 10.2 Å². The van der Waals surface area contributed by atoms with Crippen LogP contribution in [0.15, 0.2) is 10.8 Å². The minimum absolute atomic E-state index is 0.567. The lowest BCUT2D eigenvalue weighted by Gasteiger charge is -2.16. The maximum atomic E-state index is 9.16. The van der Waals surface area contributed by atoms with Crippen LogP contribution in [0.3, 0.4) is 0 Å². The summed E-state index contributed by atoms with van der Waals surface area (Å²) in [5.74, 6) is 1.19. The van der Waals surface area contributed by atoms with Gasteiger partial charge in [-0.15, -0.1) is 23.5 Å². The zero-order chi connectivity index (χ0) is 7.40. The third kappa shape index (κ3) is 2.54. The molecule has 0 radical (unpaired) electrons. The van der Waals surface area contributed by atoms with Gasteiger partial charge in [0, 0.05) is 11.5 Å². The SMILES string of the molecule is O[C@@H]1CSC=CSC[C@H]1O. The molecule has 0 unspecified atom stereocenters. The Kier molecular flexibility index (Phi) is 3.62. The predicted octanol–water partition coefficient (Wildman–Crippen LogP) is 0.659. The number of hydrogen-bond acceptors (Lipinski definition) is 4. The first kappa shape index (κ1) is 8.46. The van der Waals surface area contributed by atoms with E-state index in [0.717, 1.165) is 0 Å². The molecule has 0 aromatic carbocycles. The zero-order valence-corrected chi connectivity index (χ0v) is 7.07. The predicted molar refractivity (Wildman–Crippen MR) is 46.1 cm³/mol. The highest BCUT2D eigenvalue weighted by Crippen LogP contribution is 2.17. The molecule has 0 amide bonds. The Bertz CT molecular complexity index is 113. The number of hydrogen-bond donors (Lipinski definition) is 2. The number of aliphatic hydroxyl groups excluding tert-OH is 2. The highest BCUT2D eigenvalue weighted by Gasteiger charge is 2.16. The van der Waals surface area contributed by atoms with Crippen LogP contribution in [0.5, 0.6) is 0 Å². The molecule has 0 aliphatic carbocycles. The van der Waals surface area contributed by atoms with Crippen LogP contribution in [0, 0.1) is 0 Å². The van der Waals surface area contributed by atoms with Gasteiger partial charge in [-0.2, -0.15) is 0 Å². The van der Waals surface area contributed by atoms with Gasteiger partial charge in [0.1, 0.15) is 0 Å². The molecule has 1 heterocycles. The van der Waals surface area contributed by atoms with E-state index < -0.39 is 12.2 Å². The second kappa shape index (κ2) is 4.28. The van der Waals surface area contributed by atoms with E-state index in [1.54, 1.807) is 0 Å². The number of aliphatic hydroxyl groups is 2. The summed E-state index contributed by atoms with van der Waals surface area (Å²) in [5, 5.41) is 22.2. The third-order valence-electron chi connectivity index (χ3n) is 1.23. The monoisotopic (exact) mass is 178 g/mol. The van der Waals surface area contributed by atoms with E-state index in [9.17, 15) is 0 Å². The molecular weight excluding hydrogens is 168 g/mol. The third-order valence-corrected chi connectivity index (χ3v) is 3.12. The molecule has 1 aliphatic rings. The Morgan fingerprint density at radius 1 is 1.00 bits per heavy atom. The summed E-state index contributed by atoms with van der Waals surface area (Å²) in [4.78, 5) is 0. The first-order valence-electron chi connectivity index (χ1n) is 3.05. The van der Waals surface area contributed by atoms with Crippen molar-refractivity contribution in [2.45, 2.75) is 12.2 Å². The Morgan fingerprint density at radius 2 is 1.40 bits per heavy atom. The van der Waals surface area contributed by atoms with Crippen LogP contribution in [0.2, 0.25) is 0 Å². The molecule has 0 saturated heterocycles. The van der Waals surface area contributed by atoms with Crippen molar-refractivity contribution in [2.75, 3.05) is 11.5 Å². The van der Waals surface area contributed by atoms with E-state index in [-0.39, 0.29) is 0 Å². The summed E-state index contributed by atoms with van der Waals surface area (Å²) in [6.45, 7) is 0. The number of rotatable bonds is 0. The average Bonchev–Trinajstić information content (AvgIpc) is 1.92. The van der Waals surface area contributed by atoms with E-state index >= 15 is 0 Å². The summed E-state index contributed by atoms with van der Waals surface area (Å²) in [6.07, 6.45) is -1.13. The van der Waals surface area contributed by atoms with Gasteiger partial charge in [0.2, 0.25) is 0 Å². The summed E-state index contributed by atoms with van der Waals surface area (Å²) in [7, 11) is 0. The lowest BCUT2D eigenvalue weighted by atomic mass is 10.3. The minimum atomic E-state index is -0.567. The van der Waals surface area contributed by atoms with Crippen LogP contribution >= 0.6 is 23.5 Å². The first-order valence-corrected chi connectivity index (χ1v) is 5.15. The smallest absolute Gasteiger partial charge is 0.0900 e.